The van der Waals surface area contributed by atoms with Crippen LogP contribution in [0.15, 0.2) is 0 Å². The lowest BCUT2D eigenvalue weighted by molar-refractivity contribution is 0.690. The first-order valence-corrected chi connectivity index (χ1v) is 46.3. The zero-order valence-corrected chi connectivity index (χ0v) is 68.2. The van der Waals surface area contributed by atoms with Crippen LogP contribution < -0.4 is 0 Å². The summed E-state index contributed by atoms with van der Waals surface area (Å²) in [5, 5.41) is 2.91. The molecule has 10 atom stereocenters. The first-order chi connectivity index (χ1) is 35.9. The third-order valence-corrected chi connectivity index (χ3v) is 43.8. The van der Waals surface area contributed by atoms with Crippen molar-refractivity contribution in [1.82, 2.24) is 0 Å². The number of rotatable bonds is 48. The standard InChI is InChI=1S/C60H122S17/c1-27-35-39-67-59(71-47(13)14,57(63-33-7,65-37-29-3)51(61-25)41-55(69-43-45(9)10,73-49(17)31-5)75-53(19,20)21)77-60(72-48(15)16,68-40-36-28-2)58(64-34-8,66-38-30-4)52(62-26)42-56(70-44-46(11)12,74-50(18)32-6)76-54(22,23)24/h45-52H,27-44H2,1-26H3. The van der Waals surface area contributed by atoms with Gasteiger partial charge in [-0.05, 0) is 122 Å². The zero-order valence-electron chi connectivity index (χ0n) is 54.3. The average Bonchev–Trinajstić information content (AvgIpc) is 3.32. The quantitative estimate of drug-likeness (QED) is 0.0419. The average molecular weight is 1390 g/mol. The number of hydrogen-bond donors (Lipinski definition) is 0. The molecule has 0 amide bonds. The molecule has 0 saturated heterocycles. The Kier molecular flexibility index (Phi) is 45.3. The maximum atomic E-state index is 2.58. The molecular weight excluding hydrogens is 1270 g/mol. The lowest BCUT2D eigenvalue weighted by Gasteiger charge is -2.60. The second-order valence-corrected chi connectivity index (χ2v) is 53.0. The minimum absolute atomic E-state index is 0.0162. The molecule has 0 radical (unpaired) electrons. The highest BCUT2D eigenvalue weighted by atomic mass is 32.3. The molecule has 0 N–H and O–H groups in total. The van der Waals surface area contributed by atoms with E-state index in [4.69, 9.17) is 0 Å². The highest BCUT2D eigenvalue weighted by Gasteiger charge is 2.68. The lowest BCUT2D eigenvalue weighted by Crippen LogP contribution is -2.59. The SMILES string of the molecule is CCCCSC(SC(C)C)(SC(SCCCC)(SC(C)C)C(SCC)(SCCC)C(CC(SCC(C)C)(SC(C)CC)SC(C)(C)C)SC)C(SCC)(SCCC)C(CC(SCC(C)C)(SC(C)CC)SC(C)(C)C)SC. The third-order valence-electron chi connectivity index (χ3n) is 11.6. The number of unbranched alkanes of at least 4 members (excludes halogenated alkanes) is 2. The molecule has 10 unspecified atom stereocenters. The van der Waals surface area contributed by atoms with Gasteiger partial charge < -0.3 is 0 Å². The second kappa shape index (κ2) is 42.1. The van der Waals surface area contributed by atoms with Crippen molar-refractivity contribution < 1.29 is 0 Å². The maximum absolute atomic E-state index is 2.58. The van der Waals surface area contributed by atoms with E-state index in [1.165, 1.54) is 98.7 Å². The highest BCUT2D eigenvalue weighted by molar-refractivity contribution is 8.46. The molecule has 0 fully saturated rings. The highest BCUT2D eigenvalue weighted by Crippen LogP contribution is 2.78. The van der Waals surface area contributed by atoms with Crippen molar-refractivity contribution in [1.29, 1.82) is 0 Å². The van der Waals surface area contributed by atoms with Gasteiger partial charge in [0.1, 0.15) is 21.8 Å². The number of hydrogen-bond acceptors (Lipinski definition) is 17. The van der Waals surface area contributed by atoms with Crippen LogP contribution in [0.25, 0.3) is 0 Å². The van der Waals surface area contributed by atoms with Crippen LogP contribution in [-0.4, -0.2) is 121 Å². The maximum Gasteiger partial charge on any atom is 0.134 e. The first kappa shape index (κ1) is 83.0. The molecule has 0 spiro atoms. The van der Waals surface area contributed by atoms with Crippen LogP contribution in [0, 0.1) is 11.8 Å². The summed E-state index contributed by atoms with van der Waals surface area (Å²) in [6.45, 7) is 59.9. The van der Waals surface area contributed by atoms with Gasteiger partial charge in [-0.1, -0.05) is 191 Å². The Morgan fingerprint density at radius 1 is 0.364 bits per heavy atom. The van der Waals surface area contributed by atoms with Crippen molar-refractivity contribution in [2.75, 3.05) is 58.5 Å². The molecule has 0 aliphatic heterocycles. The molecule has 17 heteroatoms. The van der Waals surface area contributed by atoms with Gasteiger partial charge >= 0.3 is 0 Å². The minimum Gasteiger partial charge on any atom is -0.159 e. The monoisotopic (exact) mass is 1390 g/mol. The van der Waals surface area contributed by atoms with E-state index >= 15 is 0 Å². The van der Waals surface area contributed by atoms with Crippen LogP contribution in [0.5, 0.6) is 0 Å². The van der Waals surface area contributed by atoms with Crippen molar-refractivity contribution in [3.05, 3.63) is 0 Å². The van der Waals surface area contributed by atoms with Crippen molar-refractivity contribution in [3.63, 3.8) is 0 Å². The Hall–Kier alpha value is 5.95. The summed E-state index contributed by atoms with van der Waals surface area (Å²) in [4.78, 5) is 0. The summed E-state index contributed by atoms with van der Waals surface area (Å²) in [5.74, 6) is 10.7. The van der Waals surface area contributed by atoms with E-state index in [9.17, 15) is 0 Å². The summed E-state index contributed by atoms with van der Waals surface area (Å²) in [5.41, 5.74) is 0. The van der Waals surface area contributed by atoms with Gasteiger partial charge in [-0.3, -0.25) is 0 Å². The van der Waals surface area contributed by atoms with Gasteiger partial charge in [-0.15, -0.1) is 165 Å². The Morgan fingerprint density at radius 3 is 0.935 bits per heavy atom. The first-order valence-electron chi connectivity index (χ1n) is 29.9. The Morgan fingerprint density at radius 2 is 0.701 bits per heavy atom. The molecule has 0 saturated carbocycles. The van der Waals surface area contributed by atoms with Crippen LogP contribution >= 0.6 is 200 Å². The van der Waals surface area contributed by atoms with Crippen LogP contribution in [0.1, 0.15) is 230 Å². The molecule has 0 aliphatic carbocycles. The Labute approximate surface area is 556 Å². The van der Waals surface area contributed by atoms with Gasteiger partial charge in [0.2, 0.25) is 0 Å². The van der Waals surface area contributed by atoms with E-state index in [0.29, 0.717) is 43.3 Å². The number of thioether (sulfide) groups is 17. The van der Waals surface area contributed by atoms with Crippen LogP contribution in [0.2, 0.25) is 0 Å². The molecule has 0 aromatic heterocycles. The van der Waals surface area contributed by atoms with Gasteiger partial charge in [0, 0.05) is 41.0 Å². The fourth-order valence-corrected chi connectivity index (χ4v) is 47.7. The van der Waals surface area contributed by atoms with E-state index in [0.717, 1.165) is 11.5 Å². The second-order valence-electron chi connectivity index (χ2n) is 23.6. The Bertz CT molecular complexity index is 1370. The molecule has 0 heterocycles. The van der Waals surface area contributed by atoms with Crippen LogP contribution in [0.4, 0.5) is 0 Å². The van der Waals surface area contributed by atoms with Crippen molar-refractivity contribution in [2.45, 2.75) is 293 Å². The summed E-state index contributed by atoms with van der Waals surface area (Å²) >= 11 is 40.4. The summed E-state index contributed by atoms with van der Waals surface area (Å²) < 4.78 is -0.307. The normalized spacial score (nSPS) is 19.4. The van der Waals surface area contributed by atoms with Crippen molar-refractivity contribution >= 4 is 200 Å². The van der Waals surface area contributed by atoms with Gasteiger partial charge in [0.15, 0.2) is 0 Å². The molecular formula is C60H122S17. The molecule has 0 rings (SSSR count). The molecule has 77 heavy (non-hydrogen) atoms. The topological polar surface area (TPSA) is 0 Å². The van der Waals surface area contributed by atoms with Gasteiger partial charge in [0.05, 0.1) is 0 Å². The predicted molar refractivity (Wildman–Crippen MR) is 414 cm³/mol. The predicted octanol–water partition coefficient (Wildman–Crippen LogP) is 26.0. The van der Waals surface area contributed by atoms with E-state index in [1.54, 1.807) is 0 Å². The van der Waals surface area contributed by atoms with Gasteiger partial charge in [-0.25, -0.2) is 0 Å². The van der Waals surface area contributed by atoms with Gasteiger partial charge in [-0.2, -0.15) is 23.5 Å². The fraction of sp³-hybridized carbons (Fsp3) is 1.00. The van der Waals surface area contributed by atoms with Crippen LogP contribution in [0.3, 0.4) is 0 Å². The fourth-order valence-electron chi connectivity index (χ4n) is 8.29. The molecule has 0 aliphatic rings. The zero-order chi connectivity index (χ0) is 59.4. The molecule has 0 aromatic carbocycles. The van der Waals surface area contributed by atoms with Gasteiger partial charge in [0.25, 0.3) is 0 Å². The third kappa shape index (κ3) is 29.2. The summed E-state index contributed by atoms with van der Waals surface area (Å²) in [6, 6.07) is 0. The largest absolute Gasteiger partial charge is 0.159 e. The summed E-state index contributed by atoms with van der Waals surface area (Å²) in [6.07, 6.45) is 17.2. The van der Waals surface area contributed by atoms with E-state index in [1.807, 2.05) is 0 Å². The van der Waals surface area contributed by atoms with Crippen molar-refractivity contribution in [2.24, 2.45) is 11.8 Å². The van der Waals surface area contributed by atoms with Crippen molar-refractivity contribution in [3.8, 4) is 0 Å². The molecule has 0 bridgehead atoms. The smallest absolute Gasteiger partial charge is 0.134 e. The minimum atomic E-state index is -0.183. The van der Waals surface area contributed by atoms with E-state index in [-0.39, 0.29) is 31.3 Å². The molecule has 464 valence electrons. The molecule has 0 nitrogen and oxygen atoms in total. The summed E-state index contributed by atoms with van der Waals surface area (Å²) in [7, 11) is 0. The van der Waals surface area contributed by atoms with E-state index in [2.05, 4.69) is 379 Å². The Balaban J connectivity index is 10.1. The van der Waals surface area contributed by atoms with Crippen LogP contribution in [-0.2, 0) is 0 Å². The molecule has 0 aromatic rings. The van der Waals surface area contributed by atoms with E-state index < -0.39 is 0 Å². The lowest BCUT2D eigenvalue weighted by atomic mass is 10.2.